The molecule has 2 aromatic carbocycles. The summed E-state index contributed by atoms with van der Waals surface area (Å²) in [6.45, 7) is 0. The van der Waals surface area contributed by atoms with Gasteiger partial charge in [-0.05, 0) is 24.3 Å². The molecule has 0 unspecified atom stereocenters. The summed E-state index contributed by atoms with van der Waals surface area (Å²) in [5, 5.41) is 12.4. The van der Waals surface area contributed by atoms with Crippen molar-refractivity contribution in [2.75, 3.05) is 5.32 Å². The smallest absolute Gasteiger partial charge is 0.141 e. The van der Waals surface area contributed by atoms with Gasteiger partial charge in [0.2, 0.25) is 0 Å². The van der Waals surface area contributed by atoms with E-state index in [-0.39, 0.29) is 5.75 Å². The van der Waals surface area contributed by atoms with Crippen LogP contribution in [0.5, 0.6) is 5.75 Å². The van der Waals surface area contributed by atoms with Gasteiger partial charge in [0, 0.05) is 11.8 Å². The van der Waals surface area contributed by atoms with E-state index in [1.807, 2.05) is 30.3 Å². The van der Waals surface area contributed by atoms with Gasteiger partial charge in [-0.15, -0.1) is 0 Å². The summed E-state index contributed by atoms with van der Waals surface area (Å²) in [6.07, 6.45) is 0. The van der Waals surface area contributed by atoms with Crippen molar-refractivity contribution in [2.24, 2.45) is 0 Å². The molecule has 0 amide bonds. The molecule has 0 saturated carbocycles. The Morgan fingerprint density at radius 3 is 2.40 bits per heavy atom. The van der Waals surface area contributed by atoms with Crippen LogP contribution in [0.15, 0.2) is 48.5 Å². The standard InChI is InChI=1S/C12H10FNO/c13-9-6-7-11(12(15)8-9)14-10-4-2-1-3-5-10/h1-8,14-15H. The maximum absolute atomic E-state index is 12.7. The molecule has 0 aliphatic carbocycles. The molecule has 0 aliphatic rings. The SMILES string of the molecule is Oc1cc(F)ccc1Nc1ccccc1. The summed E-state index contributed by atoms with van der Waals surface area (Å²) in [5.74, 6) is -0.551. The van der Waals surface area contributed by atoms with E-state index in [1.165, 1.54) is 12.1 Å². The summed E-state index contributed by atoms with van der Waals surface area (Å²) >= 11 is 0. The zero-order chi connectivity index (χ0) is 10.7. The summed E-state index contributed by atoms with van der Waals surface area (Å²) in [7, 11) is 0. The van der Waals surface area contributed by atoms with Crippen molar-refractivity contribution in [3.8, 4) is 5.75 Å². The van der Waals surface area contributed by atoms with Gasteiger partial charge in [0.25, 0.3) is 0 Å². The second-order valence-electron chi connectivity index (χ2n) is 3.15. The molecule has 0 atom stereocenters. The van der Waals surface area contributed by atoms with Crippen LogP contribution in [0.3, 0.4) is 0 Å². The average molecular weight is 203 g/mol. The van der Waals surface area contributed by atoms with E-state index < -0.39 is 5.82 Å². The van der Waals surface area contributed by atoms with Crippen LogP contribution < -0.4 is 5.32 Å². The average Bonchev–Trinajstić information content (AvgIpc) is 2.24. The highest BCUT2D eigenvalue weighted by Gasteiger charge is 2.01. The van der Waals surface area contributed by atoms with Crippen molar-refractivity contribution in [1.82, 2.24) is 0 Å². The van der Waals surface area contributed by atoms with E-state index >= 15 is 0 Å². The predicted octanol–water partition coefficient (Wildman–Crippen LogP) is 3.27. The highest BCUT2D eigenvalue weighted by Crippen LogP contribution is 2.26. The highest BCUT2D eigenvalue weighted by atomic mass is 19.1. The lowest BCUT2D eigenvalue weighted by Gasteiger charge is -2.07. The fraction of sp³-hybridized carbons (Fsp3) is 0. The number of phenolic OH excluding ortho intramolecular Hbond substituents is 1. The van der Waals surface area contributed by atoms with Crippen LogP contribution in [0.1, 0.15) is 0 Å². The molecule has 0 saturated heterocycles. The summed E-state index contributed by atoms with van der Waals surface area (Å²) < 4.78 is 12.7. The molecule has 0 radical (unpaired) electrons. The monoisotopic (exact) mass is 203 g/mol. The molecule has 0 bridgehead atoms. The van der Waals surface area contributed by atoms with Crippen LogP contribution >= 0.6 is 0 Å². The highest BCUT2D eigenvalue weighted by molar-refractivity contribution is 5.65. The van der Waals surface area contributed by atoms with Gasteiger partial charge in [0.05, 0.1) is 5.69 Å². The summed E-state index contributed by atoms with van der Waals surface area (Å²) in [6, 6.07) is 13.3. The zero-order valence-electron chi connectivity index (χ0n) is 7.94. The molecule has 0 aromatic heterocycles. The Morgan fingerprint density at radius 2 is 1.73 bits per heavy atom. The molecule has 2 nitrogen and oxygen atoms in total. The Balaban J connectivity index is 2.25. The van der Waals surface area contributed by atoms with E-state index in [0.717, 1.165) is 11.8 Å². The first-order valence-corrected chi connectivity index (χ1v) is 4.56. The fourth-order valence-corrected chi connectivity index (χ4v) is 1.29. The van der Waals surface area contributed by atoms with Crippen molar-refractivity contribution >= 4 is 11.4 Å². The van der Waals surface area contributed by atoms with Crippen molar-refractivity contribution in [3.63, 3.8) is 0 Å². The Hall–Kier alpha value is -2.03. The molecule has 0 heterocycles. The zero-order valence-corrected chi connectivity index (χ0v) is 7.94. The quantitative estimate of drug-likeness (QED) is 0.734. The van der Waals surface area contributed by atoms with Crippen LogP contribution in [0.25, 0.3) is 0 Å². The van der Waals surface area contributed by atoms with Crippen LogP contribution in [0.2, 0.25) is 0 Å². The third kappa shape index (κ3) is 2.26. The third-order valence-corrected chi connectivity index (χ3v) is 2.01. The van der Waals surface area contributed by atoms with Gasteiger partial charge in [-0.1, -0.05) is 18.2 Å². The van der Waals surface area contributed by atoms with Crippen molar-refractivity contribution in [3.05, 3.63) is 54.3 Å². The van der Waals surface area contributed by atoms with Gasteiger partial charge in [0.1, 0.15) is 11.6 Å². The van der Waals surface area contributed by atoms with Crippen LogP contribution in [-0.2, 0) is 0 Å². The maximum Gasteiger partial charge on any atom is 0.141 e. The number of aromatic hydroxyl groups is 1. The number of para-hydroxylation sites is 1. The van der Waals surface area contributed by atoms with Crippen molar-refractivity contribution < 1.29 is 9.50 Å². The second-order valence-corrected chi connectivity index (χ2v) is 3.15. The first kappa shape index (κ1) is 9.52. The van der Waals surface area contributed by atoms with Crippen LogP contribution in [0, 0.1) is 5.82 Å². The van der Waals surface area contributed by atoms with Crippen LogP contribution in [0.4, 0.5) is 15.8 Å². The summed E-state index contributed by atoms with van der Waals surface area (Å²) in [5.41, 5.74) is 1.34. The molecule has 76 valence electrons. The minimum Gasteiger partial charge on any atom is -0.506 e. The van der Waals surface area contributed by atoms with Gasteiger partial charge in [-0.3, -0.25) is 0 Å². The van der Waals surface area contributed by atoms with Gasteiger partial charge in [-0.25, -0.2) is 4.39 Å². The van der Waals surface area contributed by atoms with E-state index in [2.05, 4.69) is 5.32 Å². The largest absolute Gasteiger partial charge is 0.506 e. The molecule has 0 fully saturated rings. The van der Waals surface area contributed by atoms with Crippen molar-refractivity contribution in [2.45, 2.75) is 0 Å². The van der Waals surface area contributed by atoms with E-state index in [4.69, 9.17) is 0 Å². The normalized spacial score (nSPS) is 9.93. The van der Waals surface area contributed by atoms with Gasteiger partial charge in [-0.2, -0.15) is 0 Å². The predicted molar refractivity (Wildman–Crippen MR) is 57.8 cm³/mol. The van der Waals surface area contributed by atoms with E-state index in [0.29, 0.717) is 5.69 Å². The minimum absolute atomic E-state index is 0.0983. The number of benzene rings is 2. The number of anilines is 2. The second kappa shape index (κ2) is 4.00. The number of hydrogen-bond donors (Lipinski definition) is 2. The molecule has 0 spiro atoms. The molecule has 15 heavy (non-hydrogen) atoms. The Bertz CT molecular complexity index is 456. The molecule has 0 aliphatic heterocycles. The van der Waals surface area contributed by atoms with Gasteiger partial charge >= 0.3 is 0 Å². The third-order valence-electron chi connectivity index (χ3n) is 2.01. The first-order chi connectivity index (χ1) is 7.25. The van der Waals surface area contributed by atoms with Crippen molar-refractivity contribution in [1.29, 1.82) is 0 Å². The number of hydrogen-bond acceptors (Lipinski definition) is 2. The molecule has 3 heteroatoms. The lowest BCUT2D eigenvalue weighted by molar-refractivity contribution is 0.471. The lowest BCUT2D eigenvalue weighted by atomic mass is 10.2. The molecule has 2 aromatic rings. The fourth-order valence-electron chi connectivity index (χ4n) is 1.29. The Kier molecular flexibility index (Phi) is 2.54. The van der Waals surface area contributed by atoms with Gasteiger partial charge in [0.15, 0.2) is 0 Å². The summed E-state index contributed by atoms with van der Waals surface area (Å²) in [4.78, 5) is 0. The number of phenols is 1. The van der Waals surface area contributed by atoms with Crippen LogP contribution in [-0.4, -0.2) is 5.11 Å². The lowest BCUT2D eigenvalue weighted by Crippen LogP contribution is -1.90. The molecular weight excluding hydrogens is 193 g/mol. The van der Waals surface area contributed by atoms with Gasteiger partial charge < -0.3 is 10.4 Å². The molecule has 2 N–H and O–H groups in total. The van der Waals surface area contributed by atoms with E-state index in [9.17, 15) is 9.50 Å². The molecule has 2 rings (SSSR count). The number of nitrogens with one attached hydrogen (secondary N) is 1. The first-order valence-electron chi connectivity index (χ1n) is 4.56. The molecular formula is C12H10FNO. The number of halogens is 1. The minimum atomic E-state index is -0.453. The Morgan fingerprint density at radius 1 is 1.00 bits per heavy atom. The van der Waals surface area contributed by atoms with E-state index in [1.54, 1.807) is 0 Å². The Labute approximate surface area is 87.0 Å². The topological polar surface area (TPSA) is 32.3 Å². The number of rotatable bonds is 2. The maximum atomic E-state index is 12.7.